The number of carbonyl (C=O) groups excluding carboxylic acids is 1. The number of hydrogen-bond donors (Lipinski definition) is 0. The van der Waals surface area contributed by atoms with Crippen molar-refractivity contribution in [1.82, 2.24) is 4.90 Å². The van der Waals surface area contributed by atoms with Gasteiger partial charge in [0, 0.05) is 23.2 Å². The molecule has 0 atom stereocenters. The van der Waals surface area contributed by atoms with Crippen molar-refractivity contribution in [1.29, 1.82) is 0 Å². The van der Waals surface area contributed by atoms with Crippen LogP contribution in [0.2, 0.25) is 10.0 Å². The van der Waals surface area contributed by atoms with Crippen LogP contribution in [0.25, 0.3) is 0 Å². The summed E-state index contributed by atoms with van der Waals surface area (Å²) in [5, 5.41) is 0.993. The molecule has 0 radical (unpaired) electrons. The lowest BCUT2D eigenvalue weighted by atomic mass is 10.1. The monoisotopic (exact) mass is 299 g/mol. The minimum atomic E-state index is 0.0658. The fraction of sp³-hybridized carbons (Fsp3) is 0.533. The van der Waals surface area contributed by atoms with Gasteiger partial charge in [-0.05, 0) is 50.8 Å². The number of carbonyl (C=O) groups is 1. The molecular weight excluding hydrogens is 281 g/mol. The number of nitrogens with zero attached hydrogens (tertiary/aromatic N) is 1. The predicted octanol–water partition coefficient (Wildman–Crippen LogP) is 4.30. The highest BCUT2D eigenvalue weighted by Crippen LogP contribution is 2.30. The number of rotatable bonds is 6. The van der Waals surface area contributed by atoms with E-state index in [0.29, 0.717) is 28.2 Å². The summed E-state index contributed by atoms with van der Waals surface area (Å²) in [5.41, 5.74) is 0.563. The molecular formula is C15H19Cl2NO. The molecule has 0 bridgehead atoms. The standard InChI is InChI=1S/C15H19Cl2NO/c1-10(2)18(8-11-3-4-11)9-15(19)13-6-5-12(16)7-14(13)17/h5-7,10-11H,3-4,8-9H2,1-2H3. The lowest BCUT2D eigenvalue weighted by molar-refractivity contribution is 0.0901. The van der Waals surface area contributed by atoms with E-state index in [1.807, 2.05) is 0 Å². The molecule has 0 spiro atoms. The van der Waals surface area contributed by atoms with E-state index in [4.69, 9.17) is 23.2 Å². The Morgan fingerprint density at radius 1 is 1.37 bits per heavy atom. The average Bonchev–Trinajstić information content (AvgIpc) is 3.11. The lowest BCUT2D eigenvalue weighted by Crippen LogP contribution is -2.37. The second-order valence-corrected chi connectivity index (χ2v) is 6.36. The highest BCUT2D eigenvalue weighted by Gasteiger charge is 2.27. The van der Waals surface area contributed by atoms with E-state index in [-0.39, 0.29) is 5.78 Å². The van der Waals surface area contributed by atoms with Crippen LogP contribution in [-0.2, 0) is 0 Å². The summed E-state index contributed by atoms with van der Waals surface area (Å²) in [4.78, 5) is 14.6. The lowest BCUT2D eigenvalue weighted by Gasteiger charge is -2.25. The molecule has 1 aliphatic rings. The Balaban J connectivity index is 2.05. The molecule has 1 fully saturated rings. The quantitative estimate of drug-likeness (QED) is 0.730. The van der Waals surface area contributed by atoms with Crippen LogP contribution in [0, 0.1) is 5.92 Å². The molecule has 2 nitrogen and oxygen atoms in total. The van der Waals surface area contributed by atoms with Gasteiger partial charge in [-0.15, -0.1) is 0 Å². The van der Waals surface area contributed by atoms with Crippen LogP contribution in [-0.4, -0.2) is 29.8 Å². The maximum absolute atomic E-state index is 12.3. The molecule has 0 amide bonds. The fourth-order valence-corrected chi connectivity index (χ4v) is 2.59. The third kappa shape index (κ3) is 4.20. The average molecular weight is 300 g/mol. The van der Waals surface area contributed by atoms with Crippen molar-refractivity contribution in [3.63, 3.8) is 0 Å². The number of Topliss-reactive ketones (excluding diaryl/α,β-unsaturated/α-hetero) is 1. The number of hydrogen-bond acceptors (Lipinski definition) is 2. The Labute approximate surface area is 124 Å². The van der Waals surface area contributed by atoms with E-state index < -0.39 is 0 Å². The van der Waals surface area contributed by atoms with Crippen LogP contribution in [0.3, 0.4) is 0 Å². The zero-order valence-electron chi connectivity index (χ0n) is 11.3. The first-order chi connectivity index (χ1) is 8.97. The molecule has 0 aromatic heterocycles. The Kier molecular flexibility index (Phi) is 4.88. The van der Waals surface area contributed by atoms with Crippen molar-refractivity contribution in [2.45, 2.75) is 32.7 Å². The molecule has 1 aromatic carbocycles. The molecule has 0 heterocycles. The Bertz CT molecular complexity index is 469. The molecule has 4 heteroatoms. The third-order valence-corrected chi connectivity index (χ3v) is 4.05. The normalized spacial score (nSPS) is 15.3. The van der Waals surface area contributed by atoms with Crippen LogP contribution < -0.4 is 0 Å². The van der Waals surface area contributed by atoms with Gasteiger partial charge in [0.2, 0.25) is 0 Å². The van der Waals surface area contributed by atoms with Crippen LogP contribution in [0.1, 0.15) is 37.0 Å². The van der Waals surface area contributed by atoms with E-state index in [9.17, 15) is 4.79 Å². The second-order valence-electron chi connectivity index (χ2n) is 5.51. The van der Waals surface area contributed by atoms with Crippen LogP contribution in [0.4, 0.5) is 0 Å². The van der Waals surface area contributed by atoms with Crippen molar-refractivity contribution < 1.29 is 4.79 Å². The van der Waals surface area contributed by atoms with E-state index in [1.165, 1.54) is 12.8 Å². The highest BCUT2D eigenvalue weighted by atomic mass is 35.5. The third-order valence-electron chi connectivity index (χ3n) is 3.50. The fourth-order valence-electron chi connectivity index (χ4n) is 2.08. The summed E-state index contributed by atoms with van der Waals surface area (Å²) < 4.78 is 0. The number of benzene rings is 1. The maximum atomic E-state index is 12.3. The largest absolute Gasteiger partial charge is 0.293 e. The first-order valence-corrected chi connectivity index (χ1v) is 7.45. The SMILES string of the molecule is CC(C)N(CC(=O)c1ccc(Cl)cc1Cl)CC1CC1. The minimum Gasteiger partial charge on any atom is -0.293 e. The van der Waals surface area contributed by atoms with Crippen molar-refractivity contribution >= 4 is 29.0 Å². The number of halogens is 2. The Hall–Kier alpha value is -0.570. The van der Waals surface area contributed by atoms with Crippen LogP contribution in [0.5, 0.6) is 0 Å². The van der Waals surface area contributed by atoms with Gasteiger partial charge in [-0.2, -0.15) is 0 Å². The maximum Gasteiger partial charge on any atom is 0.178 e. The van der Waals surface area contributed by atoms with Gasteiger partial charge < -0.3 is 0 Å². The van der Waals surface area contributed by atoms with E-state index in [0.717, 1.165) is 12.5 Å². The summed E-state index contributed by atoms with van der Waals surface area (Å²) in [7, 11) is 0. The topological polar surface area (TPSA) is 20.3 Å². The van der Waals surface area contributed by atoms with Crippen LogP contribution >= 0.6 is 23.2 Å². The minimum absolute atomic E-state index is 0.0658. The summed E-state index contributed by atoms with van der Waals surface area (Å²) in [6, 6.07) is 5.41. The summed E-state index contributed by atoms with van der Waals surface area (Å²) in [5.74, 6) is 0.840. The zero-order chi connectivity index (χ0) is 14.0. The molecule has 0 saturated heterocycles. The predicted molar refractivity (Wildman–Crippen MR) is 80.2 cm³/mol. The molecule has 1 aromatic rings. The first-order valence-electron chi connectivity index (χ1n) is 6.69. The van der Waals surface area contributed by atoms with Gasteiger partial charge in [-0.1, -0.05) is 23.2 Å². The molecule has 1 saturated carbocycles. The van der Waals surface area contributed by atoms with Crippen molar-refractivity contribution in [3.8, 4) is 0 Å². The summed E-state index contributed by atoms with van der Waals surface area (Å²) in [6.07, 6.45) is 2.58. The number of ketones is 1. The van der Waals surface area contributed by atoms with E-state index in [1.54, 1.807) is 18.2 Å². The molecule has 0 N–H and O–H groups in total. The van der Waals surface area contributed by atoms with Gasteiger partial charge in [-0.3, -0.25) is 9.69 Å². The summed E-state index contributed by atoms with van der Waals surface area (Å²) in [6.45, 7) is 5.68. The molecule has 2 rings (SSSR count). The molecule has 19 heavy (non-hydrogen) atoms. The van der Waals surface area contributed by atoms with Gasteiger partial charge in [0.1, 0.15) is 0 Å². The van der Waals surface area contributed by atoms with Gasteiger partial charge in [0.05, 0.1) is 11.6 Å². The first kappa shape index (κ1) is 14.8. The Morgan fingerprint density at radius 3 is 2.58 bits per heavy atom. The highest BCUT2D eigenvalue weighted by molar-refractivity contribution is 6.36. The van der Waals surface area contributed by atoms with Gasteiger partial charge in [0.25, 0.3) is 0 Å². The van der Waals surface area contributed by atoms with Gasteiger partial charge in [0.15, 0.2) is 5.78 Å². The van der Waals surface area contributed by atoms with Gasteiger partial charge >= 0.3 is 0 Å². The second kappa shape index (κ2) is 6.25. The van der Waals surface area contributed by atoms with Crippen molar-refractivity contribution in [2.75, 3.05) is 13.1 Å². The van der Waals surface area contributed by atoms with Crippen LogP contribution in [0.15, 0.2) is 18.2 Å². The Morgan fingerprint density at radius 2 is 2.05 bits per heavy atom. The van der Waals surface area contributed by atoms with E-state index >= 15 is 0 Å². The summed E-state index contributed by atoms with van der Waals surface area (Å²) >= 11 is 11.9. The molecule has 104 valence electrons. The molecule has 0 unspecified atom stereocenters. The van der Waals surface area contributed by atoms with Crippen molar-refractivity contribution in [3.05, 3.63) is 33.8 Å². The van der Waals surface area contributed by atoms with E-state index in [2.05, 4.69) is 18.7 Å². The van der Waals surface area contributed by atoms with Crippen molar-refractivity contribution in [2.24, 2.45) is 5.92 Å². The van der Waals surface area contributed by atoms with Gasteiger partial charge in [-0.25, -0.2) is 0 Å². The smallest absolute Gasteiger partial charge is 0.178 e. The molecule has 1 aliphatic carbocycles. The molecule has 0 aliphatic heterocycles. The zero-order valence-corrected chi connectivity index (χ0v) is 12.8.